The molecule has 0 radical (unpaired) electrons. The van der Waals surface area contributed by atoms with E-state index in [-0.39, 0.29) is 5.41 Å². The summed E-state index contributed by atoms with van der Waals surface area (Å²) >= 11 is 0. The molecule has 0 bridgehead atoms. The molecule has 2 heteroatoms. The van der Waals surface area contributed by atoms with Crippen molar-refractivity contribution in [3.8, 4) is 0 Å². The van der Waals surface area contributed by atoms with Crippen LogP contribution < -0.4 is 5.73 Å². The first-order chi connectivity index (χ1) is 7.49. The quantitative estimate of drug-likeness (QED) is 0.772. The Bertz CT molecular complexity index is 247. The maximum atomic E-state index is 10.8. The van der Waals surface area contributed by atoms with Gasteiger partial charge in [-0.25, -0.2) is 0 Å². The van der Waals surface area contributed by atoms with Crippen LogP contribution in [0.3, 0.4) is 0 Å². The van der Waals surface area contributed by atoms with Gasteiger partial charge in [0.2, 0.25) is 0 Å². The van der Waals surface area contributed by atoms with Crippen LogP contribution in [-0.4, -0.2) is 17.3 Å². The van der Waals surface area contributed by atoms with Gasteiger partial charge in [0, 0.05) is 12.0 Å². The van der Waals surface area contributed by atoms with Crippen LogP contribution in [0.15, 0.2) is 0 Å². The fraction of sp³-hybridized carbons (Fsp3) is 1.00. The summed E-state index contributed by atoms with van der Waals surface area (Å²) in [6.45, 7) is 4.99. The highest BCUT2D eigenvalue weighted by atomic mass is 16.3. The average Bonchev–Trinajstić information content (AvgIpc) is 3.00. The average molecular weight is 225 g/mol. The van der Waals surface area contributed by atoms with E-state index in [1.54, 1.807) is 0 Å². The lowest BCUT2D eigenvalue weighted by Gasteiger charge is -2.49. The summed E-state index contributed by atoms with van der Waals surface area (Å²) in [5.74, 6) is 1.50. The van der Waals surface area contributed by atoms with E-state index < -0.39 is 5.60 Å². The first-order valence-electron chi connectivity index (χ1n) is 6.91. The van der Waals surface area contributed by atoms with Crippen molar-refractivity contribution in [1.29, 1.82) is 0 Å². The summed E-state index contributed by atoms with van der Waals surface area (Å²) in [5, 5.41) is 10.8. The summed E-state index contributed by atoms with van der Waals surface area (Å²) in [7, 11) is 0. The van der Waals surface area contributed by atoms with Gasteiger partial charge in [-0.15, -0.1) is 0 Å². The van der Waals surface area contributed by atoms with Crippen LogP contribution >= 0.6 is 0 Å². The third kappa shape index (κ3) is 2.28. The highest BCUT2D eigenvalue weighted by Gasteiger charge is 2.49. The molecule has 16 heavy (non-hydrogen) atoms. The molecule has 0 saturated heterocycles. The third-order valence-corrected chi connectivity index (χ3v) is 5.01. The summed E-state index contributed by atoms with van der Waals surface area (Å²) in [4.78, 5) is 0. The van der Waals surface area contributed by atoms with E-state index in [0.717, 1.165) is 31.1 Å². The van der Waals surface area contributed by atoms with Crippen molar-refractivity contribution in [2.24, 2.45) is 23.0 Å². The van der Waals surface area contributed by atoms with E-state index in [1.165, 1.54) is 25.7 Å². The van der Waals surface area contributed by atoms with Crippen molar-refractivity contribution in [3.63, 3.8) is 0 Å². The molecule has 3 unspecified atom stereocenters. The highest BCUT2D eigenvalue weighted by Crippen LogP contribution is 2.51. The fourth-order valence-electron chi connectivity index (χ4n) is 3.66. The Hall–Kier alpha value is -0.0800. The molecule has 2 aliphatic carbocycles. The molecule has 94 valence electrons. The molecule has 3 N–H and O–H groups in total. The highest BCUT2D eigenvalue weighted by molar-refractivity contribution is 5.01. The van der Waals surface area contributed by atoms with Crippen molar-refractivity contribution in [2.45, 2.75) is 64.4 Å². The molecule has 2 aliphatic rings. The molecule has 0 heterocycles. The van der Waals surface area contributed by atoms with Crippen LogP contribution in [0.4, 0.5) is 0 Å². The lowest BCUT2D eigenvalue weighted by Crippen LogP contribution is -2.53. The fourth-order valence-corrected chi connectivity index (χ4v) is 3.66. The standard InChI is InChI=1S/C14H27NO/c1-11-4-3-7-14(8-11,10-15)13(2,16)9-12-5-6-12/h11-12,16H,3-10,15H2,1-2H3. The first-order valence-corrected chi connectivity index (χ1v) is 6.91. The maximum Gasteiger partial charge on any atom is 0.0690 e. The van der Waals surface area contributed by atoms with E-state index in [4.69, 9.17) is 5.73 Å². The molecule has 2 fully saturated rings. The second kappa shape index (κ2) is 4.30. The minimum Gasteiger partial charge on any atom is -0.390 e. The van der Waals surface area contributed by atoms with E-state index >= 15 is 0 Å². The summed E-state index contributed by atoms with van der Waals surface area (Å²) in [6.07, 6.45) is 8.37. The van der Waals surface area contributed by atoms with Crippen molar-refractivity contribution < 1.29 is 5.11 Å². The number of aliphatic hydroxyl groups is 1. The van der Waals surface area contributed by atoms with Gasteiger partial charge in [0.25, 0.3) is 0 Å². The third-order valence-electron chi connectivity index (χ3n) is 5.01. The van der Waals surface area contributed by atoms with Gasteiger partial charge in [0.1, 0.15) is 0 Å². The molecular weight excluding hydrogens is 198 g/mol. The van der Waals surface area contributed by atoms with E-state index in [1.807, 2.05) is 6.92 Å². The monoisotopic (exact) mass is 225 g/mol. The van der Waals surface area contributed by atoms with Gasteiger partial charge in [-0.05, 0) is 38.0 Å². The molecule has 2 saturated carbocycles. The number of hydrogen-bond acceptors (Lipinski definition) is 2. The molecule has 0 aromatic carbocycles. The zero-order valence-corrected chi connectivity index (χ0v) is 10.8. The van der Waals surface area contributed by atoms with E-state index in [2.05, 4.69) is 6.92 Å². The molecule has 0 spiro atoms. The predicted molar refractivity (Wildman–Crippen MR) is 67.1 cm³/mol. The van der Waals surface area contributed by atoms with Crippen LogP contribution in [0.1, 0.15) is 58.8 Å². The Labute approximate surface area is 99.6 Å². The minimum absolute atomic E-state index is 0.00669. The second-order valence-corrected chi connectivity index (χ2v) is 6.61. The number of hydrogen-bond donors (Lipinski definition) is 2. The zero-order chi connectivity index (χ0) is 11.8. The smallest absolute Gasteiger partial charge is 0.0690 e. The van der Waals surface area contributed by atoms with Crippen molar-refractivity contribution in [3.05, 3.63) is 0 Å². The molecule has 0 aliphatic heterocycles. The van der Waals surface area contributed by atoms with Gasteiger partial charge in [-0.2, -0.15) is 0 Å². The van der Waals surface area contributed by atoms with Gasteiger partial charge < -0.3 is 10.8 Å². The van der Waals surface area contributed by atoms with Gasteiger partial charge in [-0.3, -0.25) is 0 Å². The van der Waals surface area contributed by atoms with Gasteiger partial charge in [0.15, 0.2) is 0 Å². The predicted octanol–water partition coefficient (Wildman–Crippen LogP) is 2.69. The lowest BCUT2D eigenvalue weighted by atomic mass is 9.60. The largest absolute Gasteiger partial charge is 0.390 e. The van der Waals surface area contributed by atoms with E-state index in [9.17, 15) is 5.11 Å². The van der Waals surface area contributed by atoms with Crippen molar-refractivity contribution in [1.82, 2.24) is 0 Å². The SMILES string of the molecule is CC1CCCC(CN)(C(C)(O)CC2CC2)C1. The topological polar surface area (TPSA) is 46.2 Å². The Morgan fingerprint density at radius 2 is 2.06 bits per heavy atom. The van der Waals surface area contributed by atoms with Crippen LogP contribution in [0.25, 0.3) is 0 Å². The van der Waals surface area contributed by atoms with Gasteiger partial charge in [0.05, 0.1) is 5.60 Å². The summed E-state index contributed by atoms with van der Waals surface area (Å²) in [6, 6.07) is 0. The maximum absolute atomic E-state index is 10.8. The molecule has 0 aromatic heterocycles. The molecular formula is C14H27NO. The second-order valence-electron chi connectivity index (χ2n) is 6.61. The van der Waals surface area contributed by atoms with Gasteiger partial charge in [-0.1, -0.05) is 32.6 Å². The molecule has 0 aromatic rings. The van der Waals surface area contributed by atoms with Crippen LogP contribution in [0.2, 0.25) is 0 Å². The number of nitrogens with two attached hydrogens (primary N) is 1. The van der Waals surface area contributed by atoms with Crippen LogP contribution in [-0.2, 0) is 0 Å². The Kier molecular flexibility index (Phi) is 3.33. The van der Waals surface area contributed by atoms with Crippen LogP contribution in [0, 0.1) is 17.3 Å². The minimum atomic E-state index is -0.544. The molecule has 0 amide bonds. The van der Waals surface area contributed by atoms with E-state index in [0.29, 0.717) is 6.54 Å². The normalized spacial score (nSPS) is 39.4. The van der Waals surface area contributed by atoms with Crippen molar-refractivity contribution in [2.75, 3.05) is 6.54 Å². The zero-order valence-electron chi connectivity index (χ0n) is 10.8. The number of rotatable bonds is 4. The Morgan fingerprint density at radius 1 is 1.38 bits per heavy atom. The summed E-state index contributed by atoms with van der Waals surface area (Å²) in [5.41, 5.74) is 5.47. The molecule has 2 rings (SSSR count). The Morgan fingerprint density at radius 3 is 2.56 bits per heavy atom. The first kappa shape index (κ1) is 12.4. The lowest BCUT2D eigenvalue weighted by molar-refractivity contribution is -0.102. The summed E-state index contributed by atoms with van der Waals surface area (Å²) < 4.78 is 0. The van der Waals surface area contributed by atoms with Gasteiger partial charge >= 0.3 is 0 Å². The molecule has 3 atom stereocenters. The van der Waals surface area contributed by atoms with Crippen LogP contribution in [0.5, 0.6) is 0 Å². The molecule has 2 nitrogen and oxygen atoms in total. The Balaban J connectivity index is 2.10. The van der Waals surface area contributed by atoms with Crippen molar-refractivity contribution >= 4 is 0 Å².